The van der Waals surface area contributed by atoms with E-state index in [0.717, 1.165) is 0 Å². The molecule has 120 valence electrons. The number of nitrogens with one attached hydrogen (secondary N) is 1. The highest BCUT2D eigenvalue weighted by Gasteiger charge is 2.12. The molecule has 0 aliphatic rings. The summed E-state index contributed by atoms with van der Waals surface area (Å²) in [6.45, 7) is 0. The zero-order valence-corrected chi connectivity index (χ0v) is 13.0. The number of hydrogen-bond acceptors (Lipinski definition) is 4. The number of aromatic nitrogens is 2. The maximum Gasteiger partial charge on any atom is 0.269 e. The van der Waals surface area contributed by atoms with Crippen molar-refractivity contribution in [2.45, 2.75) is 0 Å². The number of carbonyl (C=O) groups is 1. The number of anilines is 1. The Morgan fingerprint density at radius 2 is 1.88 bits per heavy atom. The van der Waals surface area contributed by atoms with Gasteiger partial charge < -0.3 is 5.32 Å². The van der Waals surface area contributed by atoms with Crippen molar-refractivity contribution in [3.63, 3.8) is 0 Å². The molecule has 3 rings (SSSR count). The molecule has 0 bridgehead atoms. The molecule has 3 aromatic rings. The summed E-state index contributed by atoms with van der Waals surface area (Å²) in [6, 6.07) is 12.7. The van der Waals surface area contributed by atoms with E-state index in [0.29, 0.717) is 22.0 Å². The van der Waals surface area contributed by atoms with E-state index in [2.05, 4.69) is 10.4 Å². The fraction of sp³-hybridized carbons (Fsp3) is 0. The molecule has 8 heteroatoms. The Bertz CT molecular complexity index is 906. The highest BCUT2D eigenvalue weighted by atomic mass is 35.5. The Labute approximate surface area is 141 Å². The molecule has 1 aromatic heterocycles. The standard InChI is InChI=1S/C16H11ClN4O3/c17-14-3-1-2-4-15(14)20-10-11(9-18-20)16(22)19-12-5-7-13(8-6-12)21(23)24/h1-10H,(H,19,22). The average molecular weight is 343 g/mol. The third-order valence-electron chi connectivity index (χ3n) is 3.28. The van der Waals surface area contributed by atoms with Crippen molar-refractivity contribution in [1.82, 2.24) is 9.78 Å². The number of non-ortho nitro benzene ring substituents is 1. The second kappa shape index (κ2) is 6.51. The van der Waals surface area contributed by atoms with Gasteiger partial charge in [0.1, 0.15) is 0 Å². The molecule has 7 nitrogen and oxygen atoms in total. The normalized spacial score (nSPS) is 10.4. The van der Waals surface area contributed by atoms with Crippen LogP contribution < -0.4 is 5.32 Å². The van der Waals surface area contributed by atoms with Gasteiger partial charge in [0, 0.05) is 24.0 Å². The molecular weight excluding hydrogens is 332 g/mol. The largest absolute Gasteiger partial charge is 0.322 e. The molecule has 24 heavy (non-hydrogen) atoms. The van der Waals surface area contributed by atoms with Gasteiger partial charge in [-0.2, -0.15) is 5.10 Å². The second-order valence-corrected chi connectivity index (χ2v) is 5.29. The molecule has 0 spiro atoms. The number of para-hydroxylation sites is 1. The van der Waals surface area contributed by atoms with Gasteiger partial charge in [0.05, 0.1) is 27.4 Å². The van der Waals surface area contributed by atoms with Crippen LogP contribution in [0.4, 0.5) is 11.4 Å². The monoisotopic (exact) mass is 342 g/mol. The van der Waals surface area contributed by atoms with Gasteiger partial charge in [0.2, 0.25) is 0 Å². The van der Waals surface area contributed by atoms with E-state index >= 15 is 0 Å². The number of rotatable bonds is 4. The van der Waals surface area contributed by atoms with Crippen LogP contribution in [-0.4, -0.2) is 20.6 Å². The van der Waals surface area contributed by atoms with Crippen LogP contribution >= 0.6 is 11.6 Å². The zero-order chi connectivity index (χ0) is 17.1. The number of halogens is 1. The summed E-state index contributed by atoms with van der Waals surface area (Å²) in [5.41, 5.74) is 1.41. The lowest BCUT2D eigenvalue weighted by molar-refractivity contribution is -0.384. The zero-order valence-electron chi connectivity index (χ0n) is 12.2. The Balaban J connectivity index is 1.76. The van der Waals surface area contributed by atoms with E-state index in [1.54, 1.807) is 24.4 Å². The van der Waals surface area contributed by atoms with Gasteiger partial charge in [-0.15, -0.1) is 0 Å². The summed E-state index contributed by atoms with van der Waals surface area (Å²) in [6.07, 6.45) is 2.98. The van der Waals surface area contributed by atoms with Crippen LogP contribution in [0.3, 0.4) is 0 Å². The van der Waals surface area contributed by atoms with Gasteiger partial charge in [-0.25, -0.2) is 4.68 Å². The predicted octanol–water partition coefficient (Wildman–Crippen LogP) is 3.69. The topological polar surface area (TPSA) is 90.1 Å². The van der Waals surface area contributed by atoms with Crippen LogP contribution in [0.5, 0.6) is 0 Å². The highest BCUT2D eigenvalue weighted by Crippen LogP contribution is 2.20. The number of nitrogens with zero attached hydrogens (tertiary/aromatic N) is 3. The lowest BCUT2D eigenvalue weighted by Gasteiger charge is -2.04. The third-order valence-corrected chi connectivity index (χ3v) is 3.60. The number of hydrogen-bond donors (Lipinski definition) is 1. The first-order valence-corrected chi connectivity index (χ1v) is 7.28. The van der Waals surface area contributed by atoms with Gasteiger partial charge in [0.25, 0.3) is 11.6 Å². The fourth-order valence-electron chi connectivity index (χ4n) is 2.08. The van der Waals surface area contributed by atoms with E-state index in [-0.39, 0.29) is 11.6 Å². The molecule has 0 atom stereocenters. The van der Waals surface area contributed by atoms with Crippen molar-refractivity contribution >= 4 is 28.9 Å². The molecule has 0 aliphatic carbocycles. The minimum atomic E-state index is -0.501. The first-order chi connectivity index (χ1) is 11.5. The quantitative estimate of drug-likeness (QED) is 0.578. The van der Waals surface area contributed by atoms with Gasteiger partial charge >= 0.3 is 0 Å². The summed E-state index contributed by atoms with van der Waals surface area (Å²) < 4.78 is 1.51. The van der Waals surface area contributed by atoms with Crippen molar-refractivity contribution in [1.29, 1.82) is 0 Å². The Hall–Kier alpha value is -3.19. The number of nitro groups is 1. The van der Waals surface area contributed by atoms with Gasteiger partial charge in [0.15, 0.2) is 0 Å². The summed E-state index contributed by atoms with van der Waals surface area (Å²) in [5, 5.41) is 17.9. The summed E-state index contributed by atoms with van der Waals surface area (Å²) in [7, 11) is 0. The van der Waals surface area contributed by atoms with E-state index in [1.165, 1.54) is 35.1 Å². The SMILES string of the molecule is O=C(Nc1ccc([N+](=O)[O-])cc1)c1cnn(-c2ccccc2Cl)c1. The minimum absolute atomic E-state index is 0.0421. The number of benzene rings is 2. The van der Waals surface area contributed by atoms with Crippen molar-refractivity contribution < 1.29 is 9.72 Å². The van der Waals surface area contributed by atoms with Crippen LogP contribution in [0, 0.1) is 10.1 Å². The average Bonchev–Trinajstić information content (AvgIpc) is 3.05. The summed E-state index contributed by atoms with van der Waals surface area (Å²) in [5.74, 6) is -0.373. The van der Waals surface area contributed by atoms with Crippen LogP contribution in [0.25, 0.3) is 5.69 Å². The van der Waals surface area contributed by atoms with E-state index in [4.69, 9.17) is 11.6 Å². The molecule has 0 aliphatic heterocycles. The molecule has 0 saturated heterocycles. The number of carbonyl (C=O) groups excluding carboxylic acids is 1. The Morgan fingerprint density at radius 3 is 2.54 bits per heavy atom. The van der Waals surface area contributed by atoms with Crippen molar-refractivity contribution in [2.24, 2.45) is 0 Å². The second-order valence-electron chi connectivity index (χ2n) is 4.88. The highest BCUT2D eigenvalue weighted by molar-refractivity contribution is 6.32. The molecule has 1 amide bonds. The Morgan fingerprint density at radius 1 is 1.17 bits per heavy atom. The smallest absolute Gasteiger partial charge is 0.269 e. The Kier molecular flexibility index (Phi) is 4.26. The molecule has 1 N–H and O–H groups in total. The van der Waals surface area contributed by atoms with Crippen LogP contribution in [-0.2, 0) is 0 Å². The molecule has 2 aromatic carbocycles. The first kappa shape index (κ1) is 15.7. The van der Waals surface area contributed by atoms with Crippen molar-refractivity contribution in [3.05, 3.63) is 81.6 Å². The van der Waals surface area contributed by atoms with Crippen LogP contribution in [0.1, 0.15) is 10.4 Å². The van der Waals surface area contributed by atoms with E-state index in [1.807, 2.05) is 6.07 Å². The van der Waals surface area contributed by atoms with Crippen molar-refractivity contribution in [3.8, 4) is 5.69 Å². The number of amides is 1. The molecular formula is C16H11ClN4O3. The third kappa shape index (κ3) is 3.26. The maximum absolute atomic E-state index is 12.2. The lowest BCUT2D eigenvalue weighted by atomic mass is 10.2. The summed E-state index contributed by atoms with van der Waals surface area (Å²) >= 11 is 6.10. The van der Waals surface area contributed by atoms with Crippen LogP contribution in [0.2, 0.25) is 5.02 Å². The van der Waals surface area contributed by atoms with E-state index < -0.39 is 4.92 Å². The molecule has 0 fully saturated rings. The molecule has 0 saturated carbocycles. The van der Waals surface area contributed by atoms with Gasteiger partial charge in [-0.05, 0) is 24.3 Å². The van der Waals surface area contributed by atoms with Crippen LogP contribution in [0.15, 0.2) is 60.9 Å². The molecule has 0 radical (unpaired) electrons. The maximum atomic E-state index is 12.2. The fourth-order valence-corrected chi connectivity index (χ4v) is 2.30. The number of nitro benzene ring substituents is 1. The lowest BCUT2D eigenvalue weighted by Crippen LogP contribution is -2.11. The van der Waals surface area contributed by atoms with Gasteiger partial charge in [-0.1, -0.05) is 23.7 Å². The minimum Gasteiger partial charge on any atom is -0.322 e. The predicted molar refractivity (Wildman–Crippen MR) is 89.6 cm³/mol. The van der Waals surface area contributed by atoms with Gasteiger partial charge in [-0.3, -0.25) is 14.9 Å². The first-order valence-electron chi connectivity index (χ1n) is 6.90. The van der Waals surface area contributed by atoms with E-state index in [9.17, 15) is 14.9 Å². The molecule has 1 heterocycles. The van der Waals surface area contributed by atoms with Crippen molar-refractivity contribution in [2.75, 3.05) is 5.32 Å². The summed E-state index contributed by atoms with van der Waals surface area (Å²) in [4.78, 5) is 22.3. The molecule has 0 unspecified atom stereocenters.